The summed E-state index contributed by atoms with van der Waals surface area (Å²) in [7, 11) is 1.23. The fourth-order valence-electron chi connectivity index (χ4n) is 1.42. The first-order valence-electron chi connectivity index (χ1n) is 5.00. The molecule has 6 heteroatoms. The van der Waals surface area contributed by atoms with E-state index in [2.05, 4.69) is 15.4 Å². The van der Waals surface area contributed by atoms with Crippen molar-refractivity contribution in [2.24, 2.45) is 0 Å². The number of ether oxygens (including phenoxy) is 1. The molecule has 0 radical (unpaired) electrons. The van der Waals surface area contributed by atoms with Crippen LogP contribution in [0, 0.1) is 0 Å². The first-order chi connectivity index (χ1) is 7.17. The van der Waals surface area contributed by atoms with Gasteiger partial charge < -0.3 is 10.1 Å². The lowest BCUT2D eigenvalue weighted by molar-refractivity contribution is -0.122. The van der Waals surface area contributed by atoms with Crippen LogP contribution in [0.4, 0.5) is 4.79 Å². The first-order valence-corrected chi connectivity index (χ1v) is 5.00. The number of hydrogen-bond donors (Lipinski definition) is 2. The molecule has 0 bridgehead atoms. The zero-order chi connectivity index (χ0) is 11.3. The molecule has 0 aliphatic carbocycles. The number of carbonyl (C=O) groups is 2. The minimum absolute atomic E-state index is 0.234. The van der Waals surface area contributed by atoms with Crippen LogP contribution in [0.3, 0.4) is 0 Å². The van der Waals surface area contributed by atoms with E-state index in [4.69, 9.17) is 0 Å². The highest BCUT2D eigenvalue weighted by Gasteiger charge is 2.25. The van der Waals surface area contributed by atoms with Gasteiger partial charge in [-0.3, -0.25) is 15.0 Å². The van der Waals surface area contributed by atoms with Crippen molar-refractivity contribution >= 4 is 12.0 Å². The minimum atomic E-state index is -0.706. The van der Waals surface area contributed by atoms with Gasteiger partial charge in [-0.2, -0.15) is 0 Å². The van der Waals surface area contributed by atoms with Crippen LogP contribution in [-0.2, 0) is 9.53 Å². The molecule has 15 heavy (non-hydrogen) atoms. The molecule has 1 fully saturated rings. The number of nitrogens with zero attached hydrogens (tertiary/aromatic N) is 1. The van der Waals surface area contributed by atoms with E-state index >= 15 is 0 Å². The molecule has 0 aromatic rings. The van der Waals surface area contributed by atoms with Crippen molar-refractivity contribution in [3.63, 3.8) is 0 Å². The molecule has 0 atom stereocenters. The van der Waals surface area contributed by atoms with Crippen molar-refractivity contribution in [3.05, 3.63) is 0 Å². The van der Waals surface area contributed by atoms with E-state index < -0.39 is 6.09 Å². The second-order valence-electron chi connectivity index (χ2n) is 3.41. The minimum Gasteiger partial charge on any atom is -0.453 e. The molecule has 0 unspecified atom stereocenters. The summed E-state index contributed by atoms with van der Waals surface area (Å²) in [5.74, 6) is -0.324. The van der Waals surface area contributed by atoms with Crippen LogP contribution in [0.25, 0.3) is 0 Å². The molecule has 0 aromatic carbocycles. The van der Waals surface area contributed by atoms with Crippen molar-refractivity contribution in [2.45, 2.75) is 13.0 Å². The van der Waals surface area contributed by atoms with E-state index in [0.29, 0.717) is 6.04 Å². The van der Waals surface area contributed by atoms with Crippen molar-refractivity contribution in [2.75, 3.05) is 33.3 Å². The predicted molar refractivity (Wildman–Crippen MR) is 54.5 cm³/mol. The Hall–Kier alpha value is -1.14. The number of nitrogens with one attached hydrogen (secondary N) is 2. The molecule has 1 aliphatic rings. The van der Waals surface area contributed by atoms with E-state index in [1.54, 1.807) is 0 Å². The van der Waals surface area contributed by atoms with Gasteiger partial charge in [-0.05, 0) is 6.54 Å². The maximum atomic E-state index is 11.4. The van der Waals surface area contributed by atoms with Crippen LogP contribution in [0.2, 0.25) is 0 Å². The summed E-state index contributed by atoms with van der Waals surface area (Å²) in [6, 6.07) is 0.401. The average Bonchev–Trinajstić information content (AvgIpc) is 2.13. The van der Waals surface area contributed by atoms with Gasteiger partial charge >= 0.3 is 6.09 Å². The van der Waals surface area contributed by atoms with E-state index in [9.17, 15) is 9.59 Å². The number of hydrogen-bond acceptors (Lipinski definition) is 5. The summed E-state index contributed by atoms with van der Waals surface area (Å²) >= 11 is 0. The summed E-state index contributed by atoms with van der Waals surface area (Å²) in [5.41, 5.74) is 0. The van der Waals surface area contributed by atoms with Gasteiger partial charge in [0.25, 0.3) is 0 Å². The molecule has 1 heterocycles. The summed E-state index contributed by atoms with van der Waals surface area (Å²) in [6.45, 7) is 4.82. The molecular formula is C9H17N3O3. The molecule has 1 rings (SSSR count). The van der Waals surface area contributed by atoms with Gasteiger partial charge in [0.1, 0.15) is 0 Å². The van der Waals surface area contributed by atoms with E-state index in [0.717, 1.165) is 19.6 Å². The van der Waals surface area contributed by atoms with Crippen LogP contribution in [0.1, 0.15) is 6.92 Å². The fourth-order valence-corrected chi connectivity index (χ4v) is 1.42. The smallest absolute Gasteiger partial charge is 0.413 e. The Morgan fingerprint density at radius 3 is 2.60 bits per heavy atom. The van der Waals surface area contributed by atoms with E-state index in [1.807, 2.05) is 11.8 Å². The van der Waals surface area contributed by atoms with Crippen LogP contribution in [-0.4, -0.2) is 56.2 Å². The summed E-state index contributed by atoms with van der Waals surface area (Å²) in [5, 5.41) is 5.27. The molecule has 0 saturated carbocycles. The SMILES string of the molecule is CCN(CC(=O)NC(=O)OC)C1CNC1. The Balaban J connectivity index is 2.30. The normalized spacial score (nSPS) is 15.9. The van der Waals surface area contributed by atoms with Crippen molar-refractivity contribution < 1.29 is 14.3 Å². The Morgan fingerprint density at radius 2 is 2.20 bits per heavy atom. The van der Waals surface area contributed by atoms with Gasteiger partial charge in [0.05, 0.1) is 13.7 Å². The predicted octanol–water partition coefficient (Wildman–Crippen LogP) is -0.837. The standard InChI is InChI=1S/C9H17N3O3/c1-3-12(7-4-10-5-7)6-8(13)11-9(14)15-2/h7,10H,3-6H2,1-2H3,(H,11,13,14). The van der Waals surface area contributed by atoms with Gasteiger partial charge in [-0.1, -0.05) is 6.92 Å². The molecule has 6 nitrogen and oxygen atoms in total. The summed E-state index contributed by atoms with van der Waals surface area (Å²) < 4.78 is 4.34. The maximum absolute atomic E-state index is 11.4. The number of alkyl carbamates (subject to hydrolysis) is 1. The highest BCUT2D eigenvalue weighted by molar-refractivity contribution is 5.92. The Morgan fingerprint density at radius 1 is 1.53 bits per heavy atom. The molecule has 0 aromatic heterocycles. The fraction of sp³-hybridized carbons (Fsp3) is 0.778. The second-order valence-corrected chi connectivity index (χ2v) is 3.41. The van der Waals surface area contributed by atoms with Crippen LogP contribution < -0.4 is 10.6 Å². The molecule has 86 valence electrons. The highest BCUT2D eigenvalue weighted by atomic mass is 16.5. The van der Waals surface area contributed by atoms with E-state index in [1.165, 1.54) is 7.11 Å². The lowest BCUT2D eigenvalue weighted by Crippen LogP contribution is -2.59. The maximum Gasteiger partial charge on any atom is 0.413 e. The monoisotopic (exact) mass is 215 g/mol. The summed E-state index contributed by atoms with van der Waals surface area (Å²) in [4.78, 5) is 24.1. The van der Waals surface area contributed by atoms with Gasteiger partial charge in [0, 0.05) is 19.1 Å². The van der Waals surface area contributed by atoms with Gasteiger partial charge in [0.2, 0.25) is 5.91 Å². The summed E-state index contributed by atoms with van der Waals surface area (Å²) in [6.07, 6.45) is -0.706. The quantitative estimate of drug-likeness (QED) is 0.640. The second kappa shape index (κ2) is 5.67. The zero-order valence-corrected chi connectivity index (χ0v) is 9.08. The third-order valence-electron chi connectivity index (χ3n) is 2.46. The first kappa shape index (κ1) is 11.9. The van der Waals surface area contributed by atoms with Crippen molar-refractivity contribution in [3.8, 4) is 0 Å². The lowest BCUT2D eigenvalue weighted by Gasteiger charge is -2.36. The van der Waals surface area contributed by atoms with Crippen LogP contribution in [0.15, 0.2) is 0 Å². The Kier molecular flexibility index (Phi) is 4.51. The van der Waals surface area contributed by atoms with Crippen LogP contribution >= 0.6 is 0 Å². The number of rotatable bonds is 4. The third kappa shape index (κ3) is 3.49. The van der Waals surface area contributed by atoms with Gasteiger partial charge in [-0.25, -0.2) is 4.79 Å². The number of methoxy groups -OCH3 is 1. The third-order valence-corrected chi connectivity index (χ3v) is 2.46. The molecule has 2 amide bonds. The van der Waals surface area contributed by atoms with Crippen molar-refractivity contribution in [1.29, 1.82) is 0 Å². The number of likely N-dealkylation sites (N-methyl/N-ethyl adjacent to an activating group) is 1. The van der Waals surface area contributed by atoms with Gasteiger partial charge in [-0.15, -0.1) is 0 Å². The number of carbonyl (C=O) groups excluding carboxylic acids is 2. The zero-order valence-electron chi connectivity index (χ0n) is 9.08. The van der Waals surface area contributed by atoms with Crippen molar-refractivity contribution in [1.82, 2.24) is 15.5 Å². The molecule has 1 saturated heterocycles. The number of amides is 2. The lowest BCUT2D eigenvalue weighted by atomic mass is 10.1. The average molecular weight is 215 g/mol. The Labute approximate surface area is 88.9 Å². The molecular weight excluding hydrogens is 198 g/mol. The Bertz CT molecular complexity index is 241. The highest BCUT2D eigenvalue weighted by Crippen LogP contribution is 2.03. The molecule has 1 aliphatic heterocycles. The molecule has 2 N–H and O–H groups in total. The number of imide groups is 1. The molecule has 0 spiro atoms. The largest absolute Gasteiger partial charge is 0.453 e. The topological polar surface area (TPSA) is 70.7 Å². The van der Waals surface area contributed by atoms with Gasteiger partial charge in [0.15, 0.2) is 0 Å². The van der Waals surface area contributed by atoms with E-state index in [-0.39, 0.29) is 12.5 Å². The van der Waals surface area contributed by atoms with Crippen LogP contribution in [0.5, 0.6) is 0 Å².